The van der Waals surface area contributed by atoms with Crippen LogP contribution in [-0.2, 0) is 14.3 Å². The Balaban J connectivity index is 2.76. The van der Waals surface area contributed by atoms with Crippen LogP contribution < -0.4 is 10.7 Å². The first-order chi connectivity index (χ1) is 9.20. The molecule has 0 radical (unpaired) electrons. The van der Waals surface area contributed by atoms with Gasteiger partial charge in [0.15, 0.2) is 0 Å². The summed E-state index contributed by atoms with van der Waals surface area (Å²) < 4.78 is 5.20. The highest BCUT2D eigenvalue weighted by Crippen LogP contribution is 2.15. The topological polar surface area (TPSA) is 81.0 Å². The van der Waals surface area contributed by atoms with Gasteiger partial charge in [-0.1, -0.05) is 12.1 Å². The van der Waals surface area contributed by atoms with Crippen molar-refractivity contribution < 1.29 is 19.7 Å². The van der Waals surface area contributed by atoms with Crippen LogP contribution in [0.15, 0.2) is 24.3 Å². The van der Waals surface area contributed by atoms with Crippen molar-refractivity contribution in [3.05, 3.63) is 29.8 Å². The summed E-state index contributed by atoms with van der Waals surface area (Å²) in [5, 5.41) is 8.70. The average molecular weight is 277 g/mol. The van der Waals surface area contributed by atoms with E-state index >= 15 is 0 Å². The summed E-state index contributed by atoms with van der Waals surface area (Å²) in [7, 11) is 0. The molecule has 5 nitrogen and oxygen atoms in total. The number of carbonyl (C=O) groups excluding carboxylic acids is 2. The Hall–Kier alpha value is -2.17. The molecular weight excluding hydrogens is 256 g/mol. The normalized spacial score (nSPS) is 10.8. The number of Topliss-reactive ketones (excluding diaryl/α,β-unsaturated/α-hetero) is 1. The number of esters is 1. The smallest absolute Gasteiger partial charge is 0.325 e. The average Bonchev–Trinajstić information content (AvgIpc) is 2.33. The number of nitrogens with one attached hydrogen (secondary N) is 1. The summed E-state index contributed by atoms with van der Waals surface area (Å²) in [6.07, 6.45) is 0. The molecule has 0 saturated heterocycles. The van der Waals surface area contributed by atoms with Crippen molar-refractivity contribution in [3.8, 4) is 0 Å². The SMILES string of the molecule is CC(=O)C(=[NH2+])c1ccccc1NCC(=O)OC(C)(C)C. The van der Waals surface area contributed by atoms with Gasteiger partial charge in [0, 0.05) is 12.6 Å². The molecule has 0 saturated carbocycles. The maximum Gasteiger partial charge on any atom is 0.325 e. The monoisotopic (exact) mass is 277 g/mol. The molecule has 0 aliphatic rings. The number of rotatable bonds is 5. The van der Waals surface area contributed by atoms with Gasteiger partial charge in [-0.3, -0.25) is 15.0 Å². The van der Waals surface area contributed by atoms with Crippen LogP contribution in [0.5, 0.6) is 0 Å². The van der Waals surface area contributed by atoms with E-state index in [0.717, 1.165) is 0 Å². The van der Waals surface area contributed by atoms with Gasteiger partial charge in [0.2, 0.25) is 11.5 Å². The van der Waals surface area contributed by atoms with E-state index in [1.165, 1.54) is 6.92 Å². The standard InChI is InChI=1S/C15H20N2O3/c1-10(18)14(16)11-7-5-6-8-12(11)17-9-13(19)20-15(2,3)4/h5-8,16-17H,9H2,1-4H3/p+1. The Kier molecular flexibility index (Phi) is 5.02. The van der Waals surface area contributed by atoms with E-state index in [1.807, 2.05) is 0 Å². The maximum absolute atomic E-state index is 11.7. The van der Waals surface area contributed by atoms with E-state index < -0.39 is 5.60 Å². The number of ketones is 1. The van der Waals surface area contributed by atoms with Gasteiger partial charge in [-0.2, -0.15) is 0 Å². The van der Waals surface area contributed by atoms with Crippen LogP contribution in [0.2, 0.25) is 0 Å². The third kappa shape index (κ3) is 4.84. The Labute approximate surface area is 118 Å². The van der Waals surface area contributed by atoms with E-state index in [9.17, 15) is 9.59 Å². The molecule has 0 aliphatic carbocycles. The molecule has 20 heavy (non-hydrogen) atoms. The molecule has 1 aromatic rings. The van der Waals surface area contributed by atoms with Gasteiger partial charge in [-0.05, 0) is 32.9 Å². The summed E-state index contributed by atoms with van der Waals surface area (Å²) in [4.78, 5) is 23.0. The Bertz CT molecular complexity index is 530. The van der Waals surface area contributed by atoms with Crippen molar-refractivity contribution in [1.82, 2.24) is 0 Å². The van der Waals surface area contributed by atoms with Gasteiger partial charge in [0.05, 0.1) is 5.56 Å². The highest BCUT2D eigenvalue weighted by molar-refractivity contribution is 6.43. The zero-order valence-corrected chi connectivity index (χ0v) is 12.3. The number of carbonyl (C=O) groups is 2. The van der Waals surface area contributed by atoms with Gasteiger partial charge in [-0.15, -0.1) is 0 Å². The molecule has 3 N–H and O–H groups in total. The second-order valence-electron chi connectivity index (χ2n) is 5.46. The fourth-order valence-electron chi connectivity index (χ4n) is 1.61. The fraction of sp³-hybridized carbons (Fsp3) is 0.400. The lowest BCUT2D eigenvalue weighted by Gasteiger charge is -2.20. The summed E-state index contributed by atoms with van der Waals surface area (Å²) in [6, 6.07) is 7.07. The van der Waals surface area contributed by atoms with E-state index in [-0.39, 0.29) is 24.0 Å². The molecule has 5 heteroatoms. The highest BCUT2D eigenvalue weighted by Gasteiger charge is 2.19. The van der Waals surface area contributed by atoms with Crippen molar-refractivity contribution in [1.29, 1.82) is 0 Å². The quantitative estimate of drug-likeness (QED) is 0.609. The molecule has 1 rings (SSSR count). The molecule has 0 amide bonds. The van der Waals surface area contributed by atoms with Crippen molar-refractivity contribution >= 4 is 23.2 Å². The van der Waals surface area contributed by atoms with Crippen LogP contribution in [0.3, 0.4) is 0 Å². The zero-order valence-electron chi connectivity index (χ0n) is 12.3. The van der Waals surface area contributed by atoms with Crippen molar-refractivity contribution in [2.24, 2.45) is 0 Å². The fourth-order valence-corrected chi connectivity index (χ4v) is 1.61. The van der Waals surface area contributed by atoms with Gasteiger partial charge in [0.25, 0.3) is 0 Å². The molecule has 0 aromatic heterocycles. The molecule has 0 aliphatic heterocycles. The number of benzene rings is 1. The maximum atomic E-state index is 11.7. The van der Waals surface area contributed by atoms with Crippen LogP contribution >= 0.6 is 0 Å². The van der Waals surface area contributed by atoms with Crippen LogP contribution in [0, 0.1) is 0 Å². The number of hydrogen-bond acceptors (Lipinski definition) is 4. The first kappa shape index (κ1) is 15.9. The highest BCUT2D eigenvalue weighted by atomic mass is 16.6. The first-order valence-electron chi connectivity index (χ1n) is 6.39. The molecule has 0 atom stereocenters. The van der Waals surface area contributed by atoms with Gasteiger partial charge >= 0.3 is 5.97 Å². The van der Waals surface area contributed by atoms with Crippen molar-refractivity contribution in [3.63, 3.8) is 0 Å². The van der Waals surface area contributed by atoms with E-state index in [2.05, 4.69) is 5.32 Å². The van der Waals surface area contributed by atoms with Crippen LogP contribution in [0.4, 0.5) is 5.69 Å². The zero-order chi connectivity index (χ0) is 15.3. The molecule has 0 bridgehead atoms. The number of para-hydroxylation sites is 1. The summed E-state index contributed by atoms with van der Waals surface area (Å²) in [6.45, 7) is 6.83. The second-order valence-corrected chi connectivity index (χ2v) is 5.46. The van der Waals surface area contributed by atoms with E-state index in [0.29, 0.717) is 11.3 Å². The van der Waals surface area contributed by atoms with Crippen LogP contribution in [0.1, 0.15) is 33.3 Å². The predicted octanol–water partition coefficient (Wildman–Crippen LogP) is 0.577. The van der Waals surface area contributed by atoms with Crippen molar-refractivity contribution in [2.45, 2.75) is 33.3 Å². The Morgan fingerprint density at radius 3 is 2.40 bits per heavy atom. The van der Waals surface area contributed by atoms with E-state index in [1.54, 1.807) is 45.0 Å². The van der Waals surface area contributed by atoms with Crippen LogP contribution in [-0.4, -0.2) is 29.6 Å². The lowest BCUT2D eigenvalue weighted by atomic mass is 10.1. The lowest BCUT2D eigenvalue weighted by molar-refractivity contribution is -0.152. The van der Waals surface area contributed by atoms with Gasteiger partial charge in [0.1, 0.15) is 12.1 Å². The molecule has 0 unspecified atom stereocenters. The number of ether oxygens (including phenoxy) is 1. The second kappa shape index (κ2) is 6.32. The Morgan fingerprint density at radius 2 is 1.85 bits per heavy atom. The van der Waals surface area contributed by atoms with Gasteiger partial charge in [-0.25, -0.2) is 0 Å². The van der Waals surface area contributed by atoms with Crippen LogP contribution in [0.25, 0.3) is 0 Å². The molecular formula is C15H21N2O3+. The predicted molar refractivity (Wildman–Crippen MR) is 77.5 cm³/mol. The minimum atomic E-state index is -0.525. The molecule has 0 fully saturated rings. The largest absolute Gasteiger partial charge is 0.459 e. The third-order valence-corrected chi connectivity index (χ3v) is 2.44. The molecule has 108 valence electrons. The molecule has 0 heterocycles. The minimum Gasteiger partial charge on any atom is -0.459 e. The summed E-state index contributed by atoms with van der Waals surface area (Å²) in [5.74, 6) is -0.579. The number of hydrogen-bond donors (Lipinski definition) is 2. The lowest BCUT2D eigenvalue weighted by Crippen LogP contribution is -2.45. The Morgan fingerprint density at radius 1 is 1.25 bits per heavy atom. The summed E-state index contributed by atoms with van der Waals surface area (Å²) >= 11 is 0. The van der Waals surface area contributed by atoms with Crippen molar-refractivity contribution in [2.75, 3.05) is 11.9 Å². The van der Waals surface area contributed by atoms with Gasteiger partial charge < -0.3 is 10.1 Å². The van der Waals surface area contributed by atoms with E-state index in [4.69, 9.17) is 10.1 Å². The number of nitrogens with two attached hydrogens (primary N) is 1. The molecule has 0 spiro atoms. The summed E-state index contributed by atoms with van der Waals surface area (Å²) in [5.41, 5.74) is 0.856. The molecule has 1 aromatic carbocycles. The number of anilines is 1. The minimum absolute atomic E-state index is 0.0134. The third-order valence-electron chi connectivity index (χ3n) is 2.44. The first-order valence-corrected chi connectivity index (χ1v) is 6.39.